The summed E-state index contributed by atoms with van der Waals surface area (Å²) in [6, 6.07) is 2.50. The summed E-state index contributed by atoms with van der Waals surface area (Å²) in [7, 11) is -10.9. The van der Waals surface area contributed by atoms with Crippen LogP contribution in [-0.2, 0) is 25.1 Å². The van der Waals surface area contributed by atoms with Crippen molar-refractivity contribution in [2.24, 2.45) is 0 Å². The van der Waals surface area contributed by atoms with E-state index in [-0.39, 0.29) is 5.76 Å². The fraction of sp³-hybridized carbons (Fsp3) is 0.400. The first-order chi connectivity index (χ1) is 10.3. The second-order valence-electron chi connectivity index (χ2n) is 4.78. The van der Waals surface area contributed by atoms with Gasteiger partial charge in [-0.15, -0.1) is 0 Å². The zero-order chi connectivity index (χ0) is 18.1. The Morgan fingerprint density at radius 1 is 1.17 bits per heavy atom. The van der Waals surface area contributed by atoms with Gasteiger partial charge >= 0.3 is 27.1 Å². The molecule has 0 aromatic carbocycles. The van der Waals surface area contributed by atoms with Crippen molar-refractivity contribution < 1.29 is 52.9 Å². The Morgan fingerprint density at radius 3 is 2.04 bits per heavy atom. The first-order valence-electron chi connectivity index (χ1n) is 5.91. The molecule has 130 valence electrons. The Morgan fingerprint density at radius 2 is 1.74 bits per heavy atom. The summed E-state index contributed by atoms with van der Waals surface area (Å²) in [5.41, 5.74) is -2.60. The van der Waals surface area contributed by atoms with Crippen LogP contribution in [0.4, 0.5) is 0 Å². The van der Waals surface area contributed by atoms with Gasteiger partial charge in [-0.3, -0.25) is 18.7 Å². The Bertz CT molecular complexity index is 669. The summed E-state index contributed by atoms with van der Waals surface area (Å²) in [4.78, 5) is 59.5. The molecule has 0 saturated carbocycles. The van der Waals surface area contributed by atoms with E-state index < -0.39 is 50.8 Å². The maximum atomic E-state index is 11.7. The summed E-state index contributed by atoms with van der Waals surface area (Å²) >= 11 is 0. The predicted molar refractivity (Wildman–Crippen MR) is 72.9 cm³/mol. The number of hydrogen-bond donors (Lipinski definition) is 6. The molecular formula is C10H14O11P2. The normalized spacial score (nSPS) is 16.5. The predicted octanol–water partition coefficient (Wildman–Crippen LogP) is -0.156. The number of carboxylic acids is 2. The van der Waals surface area contributed by atoms with Crippen LogP contribution in [0.15, 0.2) is 22.8 Å². The number of carboxylic acid groups (broad SMARTS) is 2. The number of rotatable bonds is 8. The molecule has 0 aliphatic rings. The molecule has 1 aromatic rings. The van der Waals surface area contributed by atoms with Crippen molar-refractivity contribution in [3.05, 3.63) is 24.2 Å². The van der Waals surface area contributed by atoms with Gasteiger partial charge in [0.2, 0.25) is 0 Å². The van der Waals surface area contributed by atoms with E-state index in [1.54, 1.807) is 0 Å². The Labute approximate surface area is 128 Å². The fourth-order valence-electron chi connectivity index (χ4n) is 1.95. The summed E-state index contributed by atoms with van der Waals surface area (Å²) in [6.07, 6.45) is -1.32. The van der Waals surface area contributed by atoms with Crippen LogP contribution in [0.25, 0.3) is 0 Å². The van der Waals surface area contributed by atoms with Gasteiger partial charge in [0.25, 0.3) is 0 Å². The molecule has 0 amide bonds. The summed E-state index contributed by atoms with van der Waals surface area (Å²) < 4.78 is 27.8. The van der Waals surface area contributed by atoms with Crippen molar-refractivity contribution >= 4 is 27.1 Å². The largest absolute Gasteiger partial charge is 0.481 e. The molecule has 13 heteroatoms. The third kappa shape index (κ3) is 4.29. The van der Waals surface area contributed by atoms with Crippen LogP contribution < -0.4 is 0 Å². The van der Waals surface area contributed by atoms with Gasteiger partial charge in [0, 0.05) is 12.8 Å². The Kier molecular flexibility index (Phi) is 5.58. The van der Waals surface area contributed by atoms with Crippen molar-refractivity contribution in [2.75, 3.05) is 0 Å². The molecule has 0 bridgehead atoms. The molecule has 0 aliphatic carbocycles. The Balaban J connectivity index is 3.44. The zero-order valence-corrected chi connectivity index (χ0v) is 13.1. The molecule has 11 nitrogen and oxygen atoms in total. The highest BCUT2D eigenvalue weighted by atomic mass is 31.2. The van der Waals surface area contributed by atoms with Crippen LogP contribution in [0.5, 0.6) is 0 Å². The first-order valence-corrected chi connectivity index (χ1v) is 9.20. The van der Waals surface area contributed by atoms with Crippen LogP contribution >= 0.6 is 15.2 Å². The van der Waals surface area contributed by atoms with E-state index in [9.17, 15) is 33.6 Å². The van der Waals surface area contributed by atoms with Gasteiger partial charge in [-0.2, -0.15) is 0 Å². The maximum Gasteiger partial charge on any atom is 0.343 e. The van der Waals surface area contributed by atoms with Crippen LogP contribution in [0, 0.1) is 0 Å². The lowest BCUT2D eigenvalue weighted by molar-refractivity contribution is -0.142. The van der Waals surface area contributed by atoms with Crippen molar-refractivity contribution in [1.82, 2.24) is 0 Å². The second kappa shape index (κ2) is 6.56. The average Bonchev–Trinajstić information content (AvgIpc) is 2.82. The third-order valence-electron chi connectivity index (χ3n) is 3.22. The van der Waals surface area contributed by atoms with Gasteiger partial charge in [0.05, 0.1) is 6.26 Å². The van der Waals surface area contributed by atoms with E-state index in [0.717, 1.165) is 6.26 Å². The molecule has 2 atom stereocenters. The second-order valence-corrected chi connectivity index (χ2v) is 8.53. The lowest BCUT2D eigenvalue weighted by Crippen LogP contribution is -2.45. The lowest BCUT2D eigenvalue weighted by Gasteiger charge is -2.31. The summed E-state index contributed by atoms with van der Waals surface area (Å²) in [5, 5.41) is 15.1. The Hall–Kier alpha value is -1.48. The van der Waals surface area contributed by atoms with Gasteiger partial charge in [-0.25, -0.2) is 0 Å². The molecule has 1 heterocycles. The van der Waals surface area contributed by atoms with Crippen molar-refractivity contribution in [3.63, 3.8) is 0 Å². The lowest BCUT2D eigenvalue weighted by atomic mass is 9.96. The van der Waals surface area contributed by atoms with Gasteiger partial charge in [-0.1, -0.05) is 0 Å². The van der Waals surface area contributed by atoms with E-state index >= 15 is 0 Å². The molecule has 0 spiro atoms. The third-order valence-corrected chi connectivity index (χ3v) is 6.09. The molecule has 0 radical (unpaired) electrons. The van der Waals surface area contributed by atoms with Crippen molar-refractivity contribution in [1.29, 1.82) is 0 Å². The minimum Gasteiger partial charge on any atom is -0.481 e. The van der Waals surface area contributed by atoms with E-state index in [1.807, 2.05) is 0 Å². The summed E-state index contributed by atoms with van der Waals surface area (Å²) in [5.74, 6) is -4.36. The summed E-state index contributed by atoms with van der Waals surface area (Å²) in [6.45, 7) is 0. The SMILES string of the molecule is O=C(O)C(CC(Cc1ccco1)(C(=O)O)P(=O)(O)O)P(=O)(O)O. The van der Waals surface area contributed by atoms with E-state index in [0.29, 0.717) is 0 Å². The molecule has 0 aliphatic heterocycles. The molecule has 0 saturated heterocycles. The van der Waals surface area contributed by atoms with Crippen LogP contribution in [-0.4, -0.2) is 52.5 Å². The zero-order valence-electron chi connectivity index (χ0n) is 11.3. The number of hydrogen-bond acceptors (Lipinski definition) is 5. The molecular weight excluding hydrogens is 358 g/mol. The van der Waals surface area contributed by atoms with Gasteiger partial charge in [-0.05, 0) is 12.1 Å². The van der Waals surface area contributed by atoms with E-state index in [2.05, 4.69) is 0 Å². The van der Waals surface area contributed by atoms with Gasteiger partial charge < -0.3 is 34.2 Å². The fourth-order valence-corrected chi connectivity index (χ4v) is 3.97. The topological polar surface area (TPSA) is 203 Å². The molecule has 1 rings (SSSR count). The van der Waals surface area contributed by atoms with Crippen molar-refractivity contribution in [2.45, 2.75) is 23.7 Å². The smallest absolute Gasteiger partial charge is 0.343 e. The van der Waals surface area contributed by atoms with Crippen LogP contribution in [0.3, 0.4) is 0 Å². The number of carbonyl (C=O) groups is 2. The minimum absolute atomic E-state index is 0.189. The average molecular weight is 372 g/mol. The molecule has 23 heavy (non-hydrogen) atoms. The highest BCUT2D eigenvalue weighted by Crippen LogP contribution is 2.58. The number of furan rings is 1. The minimum atomic E-state index is -5.53. The van der Waals surface area contributed by atoms with Gasteiger partial charge in [0.1, 0.15) is 5.76 Å². The number of aliphatic carboxylic acids is 2. The molecule has 6 N–H and O–H groups in total. The van der Waals surface area contributed by atoms with Crippen LogP contribution in [0.2, 0.25) is 0 Å². The maximum absolute atomic E-state index is 11.7. The monoisotopic (exact) mass is 372 g/mol. The highest BCUT2D eigenvalue weighted by molar-refractivity contribution is 7.55. The van der Waals surface area contributed by atoms with E-state index in [4.69, 9.17) is 19.3 Å². The van der Waals surface area contributed by atoms with E-state index in [1.165, 1.54) is 12.1 Å². The van der Waals surface area contributed by atoms with Gasteiger partial charge in [0.15, 0.2) is 10.8 Å². The standard InChI is InChI=1S/C10H14O11P2/c11-8(12)7(22(15,16)17)5-10(9(13)14,23(18,19)20)4-6-2-1-3-21-6/h1-3,7H,4-5H2,(H,11,12)(H,13,14)(H2,15,16,17)(H2,18,19,20). The first kappa shape index (κ1) is 19.6. The highest BCUT2D eigenvalue weighted by Gasteiger charge is 2.58. The quantitative estimate of drug-likeness (QED) is 0.331. The molecule has 2 unspecified atom stereocenters. The van der Waals surface area contributed by atoms with Crippen molar-refractivity contribution in [3.8, 4) is 0 Å². The molecule has 0 fully saturated rings. The van der Waals surface area contributed by atoms with Crippen LogP contribution in [0.1, 0.15) is 12.2 Å². The molecule has 1 aromatic heterocycles.